The third-order valence-electron chi connectivity index (χ3n) is 3.14. The number of nitrogens with two attached hydrogens (primary N) is 1. The number of nitrogens with zero attached hydrogens (tertiary/aromatic N) is 3. The van der Waals surface area contributed by atoms with Gasteiger partial charge in [0.05, 0.1) is 11.2 Å². The highest BCUT2D eigenvalue weighted by atomic mass is 15.2. The molecule has 0 unspecified atom stereocenters. The molecule has 3 heterocycles. The SMILES string of the molecule is Cc1cn2cccc2c(N2CC[C@H](N)C2)n1. The summed E-state index contributed by atoms with van der Waals surface area (Å²) in [5.74, 6) is 1.07. The van der Waals surface area contributed by atoms with E-state index in [1.54, 1.807) is 0 Å². The molecule has 2 N–H and O–H groups in total. The maximum atomic E-state index is 5.94. The average Bonchev–Trinajstić information content (AvgIpc) is 2.84. The van der Waals surface area contributed by atoms with Crippen molar-refractivity contribution in [3.8, 4) is 0 Å². The largest absolute Gasteiger partial charge is 0.353 e. The molecule has 84 valence electrons. The fourth-order valence-corrected chi connectivity index (χ4v) is 2.36. The molecule has 0 aliphatic carbocycles. The maximum Gasteiger partial charge on any atom is 0.153 e. The van der Waals surface area contributed by atoms with E-state index >= 15 is 0 Å². The van der Waals surface area contributed by atoms with Crippen LogP contribution < -0.4 is 10.6 Å². The summed E-state index contributed by atoms with van der Waals surface area (Å²) >= 11 is 0. The number of hydrogen-bond donors (Lipinski definition) is 1. The van der Waals surface area contributed by atoms with Crippen LogP contribution >= 0.6 is 0 Å². The Morgan fingerprint density at radius 1 is 1.50 bits per heavy atom. The Labute approximate surface area is 94.7 Å². The molecular weight excluding hydrogens is 200 g/mol. The minimum absolute atomic E-state index is 0.289. The van der Waals surface area contributed by atoms with Crippen molar-refractivity contribution in [2.45, 2.75) is 19.4 Å². The van der Waals surface area contributed by atoms with Crippen LogP contribution in [0.1, 0.15) is 12.1 Å². The van der Waals surface area contributed by atoms with Crippen molar-refractivity contribution in [1.82, 2.24) is 9.38 Å². The molecule has 16 heavy (non-hydrogen) atoms. The zero-order valence-electron chi connectivity index (χ0n) is 9.43. The van der Waals surface area contributed by atoms with E-state index in [0.717, 1.165) is 31.0 Å². The molecule has 0 aromatic carbocycles. The van der Waals surface area contributed by atoms with Gasteiger partial charge in [-0.05, 0) is 25.5 Å². The third-order valence-corrected chi connectivity index (χ3v) is 3.14. The van der Waals surface area contributed by atoms with Crippen LogP contribution in [0.15, 0.2) is 24.5 Å². The number of anilines is 1. The highest BCUT2D eigenvalue weighted by Gasteiger charge is 2.22. The van der Waals surface area contributed by atoms with Crippen LogP contribution in [-0.4, -0.2) is 28.5 Å². The summed E-state index contributed by atoms with van der Waals surface area (Å²) in [5.41, 5.74) is 8.15. The quantitative estimate of drug-likeness (QED) is 0.778. The summed E-state index contributed by atoms with van der Waals surface area (Å²) in [6.45, 7) is 3.95. The second kappa shape index (κ2) is 3.49. The number of hydrogen-bond acceptors (Lipinski definition) is 3. The third kappa shape index (κ3) is 1.46. The molecule has 0 saturated carbocycles. The zero-order valence-corrected chi connectivity index (χ0v) is 9.43. The first kappa shape index (κ1) is 9.66. The molecule has 1 saturated heterocycles. The normalized spacial score (nSPS) is 20.9. The lowest BCUT2D eigenvalue weighted by atomic mass is 10.3. The van der Waals surface area contributed by atoms with Crippen LogP contribution in [0.3, 0.4) is 0 Å². The molecule has 0 bridgehead atoms. The van der Waals surface area contributed by atoms with Crippen molar-refractivity contribution in [3.05, 3.63) is 30.2 Å². The van der Waals surface area contributed by atoms with Gasteiger partial charge in [-0.2, -0.15) is 0 Å². The molecule has 3 rings (SSSR count). The Kier molecular flexibility index (Phi) is 2.11. The summed E-state index contributed by atoms with van der Waals surface area (Å²) in [6, 6.07) is 4.44. The second-order valence-corrected chi connectivity index (χ2v) is 4.50. The highest BCUT2D eigenvalue weighted by Crippen LogP contribution is 2.23. The molecule has 4 heteroatoms. The van der Waals surface area contributed by atoms with Crippen LogP contribution in [0.25, 0.3) is 5.52 Å². The lowest BCUT2D eigenvalue weighted by Gasteiger charge is -2.18. The van der Waals surface area contributed by atoms with Gasteiger partial charge >= 0.3 is 0 Å². The predicted octanol–water partition coefficient (Wildman–Crippen LogP) is 1.18. The van der Waals surface area contributed by atoms with Crippen LogP contribution in [0.4, 0.5) is 5.82 Å². The van der Waals surface area contributed by atoms with Crippen molar-refractivity contribution in [1.29, 1.82) is 0 Å². The van der Waals surface area contributed by atoms with E-state index in [2.05, 4.69) is 38.8 Å². The van der Waals surface area contributed by atoms with E-state index < -0.39 is 0 Å². The minimum Gasteiger partial charge on any atom is -0.353 e. The summed E-state index contributed by atoms with van der Waals surface area (Å²) in [7, 11) is 0. The van der Waals surface area contributed by atoms with Gasteiger partial charge in [0, 0.05) is 31.5 Å². The number of rotatable bonds is 1. The number of aromatic nitrogens is 2. The van der Waals surface area contributed by atoms with Crippen molar-refractivity contribution in [2.24, 2.45) is 5.73 Å². The topological polar surface area (TPSA) is 46.6 Å². The van der Waals surface area contributed by atoms with Crippen molar-refractivity contribution in [2.75, 3.05) is 18.0 Å². The van der Waals surface area contributed by atoms with Crippen LogP contribution in [0.5, 0.6) is 0 Å². The van der Waals surface area contributed by atoms with Gasteiger partial charge in [-0.25, -0.2) is 4.98 Å². The predicted molar refractivity (Wildman–Crippen MR) is 64.7 cm³/mol. The molecule has 0 radical (unpaired) electrons. The molecule has 1 fully saturated rings. The molecule has 0 amide bonds. The maximum absolute atomic E-state index is 5.94. The molecule has 2 aromatic heterocycles. The van der Waals surface area contributed by atoms with Crippen molar-refractivity contribution < 1.29 is 0 Å². The van der Waals surface area contributed by atoms with E-state index in [4.69, 9.17) is 5.73 Å². The van der Waals surface area contributed by atoms with E-state index in [-0.39, 0.29) is 6.04 Å². The Balaban J connectivity index is 2.11. The first-order chi connectivity index (χ1) is 7.74. The first-order valence-corrected chi connectivity index (χ1v) is 5.69. The van der Waals surface area contributed by atoms with Crippen LogP contribution in [0.2, 0.25) is 0 Å². The standard InChI is InChI=1S/C12H16N4/c1-9-7-15-5-2-3-11(15)12(14-9)16-6-4-10(13)8-16/h2-3,5,7,10H,4,6,8,13H2,1H3/t10-/m0/s1. The lowest BCUT2D eigenvalue weighted by molar-refractivity contribution is 0.751. The molecule has 2 aromatic rings. The fourth-order valence-electron chi connectivity index (χ4n) is 2.36. The van der Waals surface area contributed by atoms with E-state index in [1.165, 1.54) is 5.52 Å². The van der Waals surface area contributed by atoms with Crippen LogP contribution in [-0.2, 0) is 0 Å². The lowest BCUT2D eigenvalue weighted by Crippen LogP contribution is -2.27. The minimum atomic E-state index is 0.289. The molecule has 4 nitrogen and oxygen atoms in total. The Morgan fingerprint density at radius 2 is 2.38 bits per heavy atom. The summed E-state index contributed by atoms with van der Waals surface area (Å²) in [5, 5.41) is 0. The first-order valence-electron chi connectivity index (χ1n) is 5.69. The molecule has 1 atom stereocenters. The van der Waals surface area contributed by atoms with Gasteiger partial charge < -0.3 is 15.0 Å². The Bertz CT molecular complexity index is 517. The van der Waals surface area contributed by atoms with Gasteiger partial charge in [0.1, 0.15) is 0 Å². The van der Waals surface area contributed by atoms with Gasteiger partial charge in [-0.3, -0.25) is 0 Å². The van der Waals surface area contributed by atoms with E-state index in [9.17, 15) is 0 Å². The van der Waals surface area contributed by atoms with Gasteiger partial charge in [0.2, 0.25) is 0 Å². The van der Waals surface area contributed by atoms with Gasteiger partial charge in [0.15, 0.2) is 5.82 Å². The smallest absolute Gasteiger partial charge is 0.153 e. The molecular formula is C12H16N4. The summed E-state index contributed by atoms with van der Waals surface area (Å²) in [4.78, 5) is 6.92. The van der Waals surface area contributed by atoms with Gasteiger partial charge in [-0.15, -0.1) is 0 Å². The number of fused-ring (bicyclic) bond motifs is 1. The van der Waals surface area contributed by atoms with Crippen LogP contribution in [0, 0.1) is 6.92 Å². The van der Waals surface area contributed by atoms with Crippen molar-refractivity contribution in [3.63, 3.8) is 0 Å². The second-order valence-electron chi connectivity index (χ2n) is 4.50. The highest BCUT2D eigenvalue weighted by molar-refractivity contribution is 5.70. The number of aryl methyl sites for hydroxylation is 1. The Morgan fingerprint density at radius 3 is 3.12 bits per heavy atom. The van der Waals surface area contributed by atoms with E-state index in [0.29, 0.717) is 0 Å². The monoisotopic (exact) mass is 216 g/mol. The van der Waals surface area contributed by atoms with Gasteiger partial charge in [-0.1, -0.05) is 0 Å². The van der Waals surface area contributed by atoms with E-state index in [1.807, 2.05) is 6.92 Å². The van der Waals surface area contributed by atoms with Crippen molar-refractivity contribution >= 4 is 11.3 Å². The summed E-state index contributed by atoms with van der Waals surface area (Å²) < 4.78 is 2.13. The molecule has 1 aliphatic rings. The summed E-state index contributed by atoms with van der Waals surface area (Å²) in [6.07, 6.45) is 5.17. The average molecular weight is 216 g/mol. The molecule has 0 spiro atoms. The fraction of sp³-hybridized carbons (Fsp3) is 0.417. The van der Waals surface area contributed by atoms with Gasteiger partial charge in [0.25, 0.3) is 0 Å². The molecule has 1 aliphatic heterocycles. The zero-order chi connectivity index (χ0) is 11.1. The Hall–Kier alpha value is -1.55.